The number of hydrogen-bond acceptors (Lipinski definition) is 11. The van der Waals surface area contributed by atoms with Crippen molar-refractivity contribution < 1.29 is 38.1 Å². The number of carbonyl (C=O) groups is 2. The van der Waals surface area contributed by atoms with Crippen LogP contribution in [0.25, 0.3) is 5.52 Å². The lowest BCUT2D eigenvalue weighted by molar-refractivity contribution is -0.160. The van der Waals surface area contributed by atoms with Crippen LogP contribution in [0.15, 0.2) is 18.4 Å². The van der Waals surface area contributed by atoms with Crippen molar-refractivity contribution in [3.05, 3.63) is 24.1 Å². The Hall–Kier alpha value is -3.47. The smallest absolute Gasteiger partial charge is 0.408 e. The second kappa shape index (κ2) is 9.65. The molecule has 5 atom stereocenters. The monoisotopic (exact) mass is 493 g/mol. The fraction of sp³-hybridized carbons (Fsp3) is 0.591. The number of nitriles is 1. The highest BCUT2D eigenvalue weighted by Crippen LogP contribution is 2.41. The molecule has 0 saturated carbocycles. The van der Waals surface area contributed by atoms with Gasteiger partial charge < -0.3 is 35.5 Å². The number of esters is 1. The van der Waals surface area contributed by atoms with E-state index in [0.29, 0.717) is 0 Å². The number of nitrogens with one attached hydrogen (secondary N) is 1. The van der Waals surface area contributed by atoms with Crippen LogP contribution in [0.5, 0.6) is 0 Å². The van der Waals surface area contributed by atoms with Crippen LogP contribution >= 0.6 is 0 Å². The maximum atomic E-state index is 13.1. The molecule has 190 valence electrons. The Morgan fingerprint density at radius 1 is 1.51 bits per heavy atom. The first-order valence-corrected chi connectivity index (χ1v) is 10.7. The van der Waals surface area contributed by atoms with Crippen molar-refractivity contribution in [2.24, 2.45) is 5.92 Å². The van der Waals surface area contributed by atoms with E-state index < -0.39 is 60.1 Å². The Labute approximate surface area is 206 Å². The van der Waals surface area contributed by atoms with Gasteiger partial charge >= 0.3 is 12.1 Å². The quantitative estimate of drug-likeness (QED) is 0.403. The number of amides is 1. The normalized spacial score (nSPS) is 26.9. The number of fused-ring (bicyclic) bond motifs is 1. The first-order valence-electron chi connectivity index (χ1n) is 12.2. The van der Waals surface area contributed by atoms with Gasteiger partial charge in [-0.3, -0.25) is 0 Å². The summed E-state index contributed by atoms with van der Waals surface area (Å²) in [6.45, 7) is 4.87. The van der Waals surface area contributed by atoms with E-state index in [1.165, 1.54) is 0 Å². The van der Waals surface area contributed by atoms with Crippen LogP contribution in [-0.4, -0.2) is 73.4 Å². The third-order valence-corrected chi connectivity index (χ3v) is 5.25. The highest BCUT2D eigenvalue weighted by Gasteiger charge is 2.59. The minimum absolute atomic E-state index is 0.0154. The first-order chi connectivity index (χ1) is 17.4. The van der Waals surface area contributed by atoms with E-state index in [-0.39, 0.29) is 23.1 Å². The van der Waals surface area contributed by atoms with Crippen molar-refractivity contribution in [1.82, 2.24) is 19.9 Å². The maximum absolute atomic E-state index is 13.1. The molecule has 0 spiro atoms. The Morgan fingerprint density at radius 3 is 2.77 bits per heavy atom. The van der Waals surface area contributed by atoms with E-state index in [1.54, 1.807) is 40.7 Å². The van der Waals surface area contributed by atoms with E-state index in [4.69, 9.17) is 24.1 Å². The maximum Gasteiger partial charge on any atom is 0.408 e. The zero-order chi connectivity index (χ0) is 28.8. The van der Waals surface area contributed by atoms with Gasteiger partial charge in [0.05, 0.1) is 16.4 Å². The molecule has 5 N–H and O–H groups in total. The predicted octanol–water partition coefficient (Wildman–Crippen LogP) is 0.243. The number of carbonyl (C=O) groups excluding carboxylic acids is 2. The fourth-order valence-corrected chi connectivity index (χ4v) is 3.61. The summed E-state index contributed by atoms with van der Waals surface area (Å²) in [6, 6.07) is 1.33. The molecule has 0 aliphatic carbocycles. The first kappa shape index (κ1) is 22.0. The molecule has 3 rings (SSSR count). The Balaban J connectivity index is 2.01. The van der Waals surface area contributed by atoms with E-state index >= 15 is 0 Å². The number of aromatic nitrogens is 3. The summed E-state index contributed by atoms with van der Waals surface area (Å²) in [4.78, 5) is 29.2. The Bertz CT molecular complexity index is 1270. The molecule has 13 nitrogen and oxygen atoms in total. The van der Waals surface area contributed by atoms with Crippen LogP contribution < -0.4 is 11.1 Å². The molecule has 1 fully saturated rings. The molecule has 1 saturated heterocycles. The van der Waals surface area contributed by atoms with Crippen LogP contribution in [0.3, 0.4) is 0 Å². The number of hydrogen-bond donors (Lipinski definition) is 4. The average molecular weight is 494 g/mol. The minimum atomic E-state index is -3.21. The summed E-state index contributed by atoms with van der Waals surface area (Å²) in [5.74, 6) is -1.75. The number of nitrogen functional groups attached to an aromatic ring is 1. The van der Waals surface area contributed by atoms with E-state index in [0.717, 1.165) is 16.9 Å². The topological polar surface area (TPSA) is 194 Å². The number of rotatable bonds is 6. The third-order valence-electron chi connectivity index (χ3n) is 5.25. The minimum Gasteiger partial charge on any atom is -0.455 e. The van der Waals surface area contributed by atoms with Gasteiger partial charge in [0.2, 0.25) is 5.60 Å². The second-order valence-corrected chi connectivity index (χ2v) is 9.31. The van der Waals surface area contributed by atoms with E-state index in [9.17, 15) is 25.1 Å². The highest BCUT2D eigenvalue weighted by molar-refractivity contribution is 5.82. The lowest BCUT2D eigenvalue weighted by Gasteiger charge is -2.28. The van der Waals surface area contributed by atoms with Crippen LogP contribution in [0, 0.1) is 17.2 Å². The average Bonchev–Trinajstić information content (AvgIpc) is 3.26. The molecule has 2 aromatic heterocycles. The molecule has 1 aliphatic heterocycles. The van der Waals surface area contributed by atoms with Crippen molar-refractivity contribution >= 4 is 23.4 Å². The molecule has 13 heteroatoms. The number of anilines is 1. The molecule has 0 unspecified atom stereocenters. The molecule has 0 bridgehead atoms. The van der Waals surface area contributed by atoms with Crippen LogP contribution in [0.1, 0.15) is 44.4 Å². The predicted molar refractivity (Wildman–Crippen MR) is 121 cm³/mol. The van der Waals surface area contributed by atoms with Gasteiger partial charge in [0.25, 0.3) is 0 Å². The van der Waals surface area contributed by atoms with Gasteiger partial charge in [-0.05, 0) is 38.8 Å². The van der Waals surface area contributed by atoms with Crippen molar-refractivity contribution in [3.8, 4) is 6.07 Å². The van der Waals surface area contributed by atoms with Crippen LogP contribution in [0.4, 0.5) is 10.6 Å². The van der Waals surface area contributed by atoms with Gasteiger partial charge in [-0.2, -0.15) is 10.4 Å². The molecule has 1 aliphatic rings. The third kappa shape index (κ3) is 5.00. The summed E-state index contributed by atoms with van der Waals surface area (Å²) >= 11 is 0. The van der Waals surface area contributed by atoms with Gasteiger partial charge in [0.1, 0.15) is 41.8 Å². The molecule has 0 aromatic carbocycles. The number of nitrogens with zero attached hydrogens (tertiary/aromatic N) is 4. The van der Waals surface area contributed by atoms with Crippen molar-refractivity contribution in [2.75, 3.05) is 12.3 Å². The Morgan fingerprint density at radius 2 is 2.20 bits per heavy atom. The molecule has 2 aromatic rings. The molecule has 0 radical (unpaired) electrons. The standard InChI is InChI=1S/C22H30N6O7/c1-11(2)15(27-20(32)35-21(3,4)5)19(31)33-16-13(8-29)34-22(9-23,17(16)30)14-7-6-12-18(24)25-10-26-28(12)14/h6-7,10-11,13,15-17,29-30H,8H2,1-5H3,(H,27,32)(H2,24,25,26)/t13-,15+,16-,17-,22+/m1/s1/i6D,8D2. The molecule has 3 heterocycles. The van der Waals surface area contributed by atoms with Crippen molar-refractivity contribution in [3.63, 3.8) is 0 Å². The number of aliphatic hydroxyl groups excluding tert-OH is 1. The molecule has 35 heavy (non-hydrogen) atoms. The van der Waals surface area contributed by atoms with Crippen LogP contribution in [-0.2, 0) is 24.6 Å². The van der Waals surface area contributed by atoms with Gasteiger partial charge in [-0.25, -0.2) is 19.1 Å². The van der Waals surface area contributed by atoms with E-state index in [2.05, 4.69) is 15.4 Å². The summed E-state index contributed by atoms with van der Waals surface area (Å²) in [5, 5.41) is 37.9. The number of aliphatic hydroxyl groups is 2. The van der Waals surface area contributed by atoms with E-state index in [1.807, 2.05) is 0 Å². The van der Waals surface area contributed by atoms with Gasteiger partial charge in [-0.15, -0.1) is 0 Å². The summed E-state index contributed by atoms with van der Waals surface area (Å²) in [6.07, 6.45) is -5.95. The van der Waals surface area contributed by atoms with Gasteiger partial charge in [0, 0.05) is 0 Å². The largest absolute Gasteiger partial charge is 0.455 e. The number of alkyl carbamates (subject to hydrolysis) is 1. The van der Waals surface area contributed by atoms with Gasteiger partial charge in [0.15, 0.2) is 11.9 Å². The summed E-state index contributed by atoms with van der Waals surface area (Å²) in [7, 11) is 0. The molecular formula is C22H30N6O7. The number of ether oxygens (including phenoxy) is 3. The SMILES string of the molecule is [2H]c1cc([C@]2(C#N)O[C@H](C([2H])([2H])O)[C@@H](OC(=O)[C@@H](NC(=O)OC(C)(C)C)C(C)C)[C@H]2O)n2ncnc(N)c12. The van der Waals surface area contributed by atoms with Crippen LogP contribution in [0.2, 0.25) is 0 Å². The molecular weight excluding hydrogens is 460 g/mol. The zero-order valence-electron chi connectivity index (χ0n) is 22.8. The lowest BCUT2D eigenvalue weighted by atomic mass is 9.92. The summed E-state index contributed by atoms with van der Waals surface area (Å²) in [5.41, 5.74) is 2.26. The van der Waals surface area contributed by atoms with Crippen molar-refractivity contribution in [2.45, 2.75) is 70.2 Å². The highest BCUT2D eigenvalue weighted by atomic mass is 16.6. The number of nitrogens with two attached hydrogens (primary N) is 1. The zero-order valence-corrected chi connectivity index (χ0v) is 19.8. The Kier molecular flexibility index (Phi) is 6.07. The fourth-order valence-electron chi connectivity index (χ4n) is 3.61. The summed E-state index contributed by atoms with van der Waals surface area (Å²) < 4.78 is 41.0. The van der Waals surface area contributed by atoms with Gasteiger partial charge in [-0.1, -0.05) is 13.8 Å². The second-order valence-electron chi connectivity index (χ2n) is 9.31. The molecule has 1 amide bonds. The van der Waals surface area contributed by atoms with Crippen molar-refractivity contribution in [1.29, 1.82) is 5.26 Å². The lowest BCUT2D eigenvalue weighted by Crippen LogP contribution is -2.50.